The average Bonchev–Trinajstić information content (AvgIpc) is 2.81. The molecule has 0 aliphatic rings. The summed E-state index contributed by atoms with van der Waals surface area (Å²) in [6.45, 7) is 1.39. The van der Waals surface area contributed by atoms with Crippen LogP contribution in [0.5, 0.6) is 0 Å². The van der Waals surface area contributed by atoms with Crippen LogP contribution < -0.4 is 5.32 Å². The van der Waals surface area contributed by atoms with Crippen LogP contribution in [0, 0.1) is 11.3 Å². The normalized spacial score (nSPS) is 9.88. The molecule has 0 aliphatic heterocycles. The van der Waals surface area contributed by atoms with Gasteiger partial charge in [0, 0.05) is 18.9 Å². The first-order valence-corrected chi connectivity index (χ1v) is 5.45. The Hall–Kier alpha value is -2.06. The number of aromatic nitrogens is 3. The molecule has 2 heterocycles. The molecule has 0 unspecified atom stereocenters. The number of rotatable bonds is 4. The fourth-order valence-electron chi connectivity index (χ4n) is 1.38. The van der Waals surface area contributed by atoms with Crippen molar-refractivity contribution in [1.82, 2.24) is 14.8 Å². The molecule has 0 saturated carbocycles. The van der Waals surface area contributed by atoms with Gasteiger partial charge >= 0.3 is 0 Å². The van der Waals surface area contributed by atoms with E-state index in [0.29, 0.717) is 23.1 Å². The molecule has 0 saturated heterocycles. The lowest BCUT2D eigenvalue weighted by atomic mass is 10.3. The van der Waals surface area contributed by atoms with Gasteiger partial charge in [-0.2, -0.15) is 10.4 Å². The van der Waals surface area contributed by atoms with Gasteiger partial charge in [-0.05, 0) is 18.2 Å². The molecule has 0 atom stereocenters. The Bertz CT molecular complexity index is 529. The van der Waals surface area contributed by atoms with E-state index in [1.807, 2.05) is 23.0 Å². The Morgan fingerprint density at radius 2 is 2.35 bits per heavy atom. The zero-order valence-corrected chi connectivity index (χ0v) is 9.72. The maximum absolute atomic E-state index is 8.78. The summed E-state index contributed by atoms with van der Waals surface area (Å²) in [6, 6.07) is 7.09. The van der Waals surface area contributed by atoms with Crippen molar-refractivity contribution in [3.05, 3.63) is 41.3 Å². The van der Waals surface area contributed by atoms with Gasteiger partial charge in [0.15, 0.2) is 0 Å². The Morgan fingerprint density at radius 3 is 3.06 bits per heavy atom. The van der Waals surface area contributed by atoms with Crippen molar-refractivity contribution < 1.29 is 0 Å². The molecule has 1 N–H and O–H groups in total. The van der Waals surface area contributed by atoms with Crippen molar-refractivity contribution in [3.63, 3.8) is 0 Å². The highest BCUT2D eigenvalue weighted by Gasteiger charge is 2.00. The molecule has 17 heavy (non-hydrogen) atoms. The SMILES string of the molecule is N#Cc1cc(Cl)nc(NCCn2cccn2)c1. The van der Waals surface area contributed by atoms with Crippen molar-refractivity contribution in [1.29, 1.82) is 5.26 Å². The van der Waals surface area contributed by atoms with Crippen LogP contribution in [0.3, 0.4) is 0 Å². The monoisotopic (exact) mass is 247 g/mol. The van der Waals surface area contributed by atoms with Gasteiger partial charge < -0.3 is 5.32 Å². The second kappa shape index (κ2) is 5.32. The highest BCUT2D eigenvalue weighted by molar-refractivity contribution is 6.29. The van der Waals surface area contributed by atoms with E-state index in [1.54, 1.807) is 12.3 Å². The van der Waals surface area contributed by atoms with Gasteiger partial charge in [0.1, 0.15) is 11.0 Å². The molecule has 6 heteroatoms. The van der Waals surface area contributed by atoms with E-state index in [9.17, 15) is 0 Å². The second-order valence-corrected chi connectivity index (χ2v) is 3.76. The lowest BCUT2D eigenvalue weighted by Crippen LogP contribution is -2.11. The van der Waals surface area contributed by atoms with E-state index in [0.717, 1.165) is 6.54 Å². The minimum Gasteiger partial charge on any atom is -0.368 e. The zero-order chi connectivity index (χ0) is 12.1. The smallest absolute Gasteiger partial charge is 0.132 e. The molecule has 0 amide bonds. The van der Waals surface area contributed by atoms with Gasteiger partial charge in [-0.25, -0.2) is 4.98 Å². The summed E-state index contributed by atoms with van der Waals surface area (Å²) >= 11 is 5.79. The van der Waals surface area contributed by atoms with Gasteiger partial charge in [-0.1, -0.05) is 11.6 Å². The first-order valence-electron chi connectivity index (χ1n) is 5.07. The molecule has 0 aromatic carbocycles. The number of halogens is 1. The molecule has 0 radical (unpaired) electrons. The molecule has 2 aromatic heterocycles. The van der Waals surface area contributed by atoms with Crippen LogP contribution >= 0.6 is 11.6 Å². The predicted molar refractivity (Wildman–Crippen MR) is 64.7 cm³/mol. The summed E-state index contributed by atoms with van der Waals surface area (Å²) in [6.07, 6.45) is 3.61. The fourth-order valence-corrected chi connectivity index (χ4v) is 1.59. The van der Waals surface area contributed by atoms with Crippen LogP contribution in [0.1, 0.15) is 5.56 Å². The second-order valence-electron chi connectivity index (χ2n) is 3.37. The van der Waals surface area contributed by atoms with Crippen LogP contribution in [0.15, 0.2) is 30.6 Å². The molecule has 5 nitrogen and oxygen atoms in total. The number of nitriles is 1. The summed E-state index contributed by atoms with van der Waals surface area (Å²) in [7, 11) is 0. The number of pyridine rings is 1. The molecule has 0 aliphatic carbocycles. The molecular formula is C11H10ClN5. The van der Waals surface area contributed by atoms with Crippen LogP contribution in [-0.2, 0) is 6.54 Å². The van der Waals surface area contributed by atoms with Crippen molar-refractivity contribution in [2.75, 3.05) is 11.9 Å². The van der Waals surface area contributed by atoms with E-state index in [4.69, 9.17) is 16.9 Å². The third kappa shape index (κ3) is 3.20. The molecule has 0 spiro atoms. The average molecular weight is 248 g/mol. The third-order valence-electron chi connectivity index (χ3n) is 2.13. The largest absolute Gasteiger partial charge is 0.368 e. The van der Waals surface area contributed by atoms with Crippen LogP contribution in [0.25, 0.3) is 0 Å². The molecule has 0 fully saturated rings. The first-order chi connectivity index (χ1) is 8.28. The van der Waals surface area contributed by atoms with Crippen LogP contribution in [0.4, 0.5) is 5.82 Å². The highest BCUT2D eigenvalue weighted by Crippen LogP contribution is 2.13. The summed E-state index contributed by atoms with van der Waals surface area (Å²) in [5.74, 6) is 0.598. The summed E-state index contributed by atoms with van der Waals surface area (Å²) < 4.78 is 1.81. The Labute approximate surface area is 104 Å². The minimum absolute atomic E-state index is 0.311. The van der Waals surface area contributed by atoms with Crippen molar-refractivity contribution in [2.24, 2.45) is 0 Å². The maximum Gasteiger partial charge on any atom is 0.132 e. The van der Waals surface area contributed by atoms with E-state index in [2.05, 4.69) is 15.4 Å². The number of nitrogens with one attached hydrogen (secondary N) is 1. The van der Waals surface area contributed by atoms with Gasteiger partial charge in [-0.3, -0.25) is 4.68 Å². The molecule has 86 valence electrons. The van der Waals surface area contributed by atoms with Gasteiger partial charge in [0.25, 0.3) is 0 Å². The fraction of sp³-hybridized carbons (Fsp3) is 0.182. The summed E-state index contributed by atoms with van der Waals surface area (Å²) in [5.41, 5.74) is 0.492. The van der Waals surface area contributed by atoms with E-state index in [1.165, 1.54) is 6.07 Å². The van der Waals surface area contributed by atoms with Crippen molar-refractivity contribution in [2.45, 2.75) is 6.54 Å². The van der Waals surface area contributed by atoms with Gasteiger partial charge in [0.2, 0.25) is 0 Å². The van der Waals surface area contributed by atoms with Crippen LogP contribution in [-0.4, -0.2) is 21.3 Å². The number of hydrogen-bond donors (Lipinski definition) is 1. The lowest BCUT2D eigenvalue weighted by molar-refractivity contribution is 0.637. The molecule has 2 aromatic rings. The van der Waals surface area contributed by atoms with Gasteiger partial charge in [0.05, 0.1) is 18.2 Å². The lowest BCUT2D eigenvalue weighted by Gasteiger charge is -2.06. The maximum atomic E-state index is 8.78. The van der Waals surface area contributed by atoms with Crippen LogP contribution in [0.2, 0.25) is 5.15 Å². The van der Waals surface area contributed by atoms with E-state index >= 15 is 0 Å². The van der Waals surface area contributed by atoms with E-state index < -0.39 is 0 Å². The quantitative estimate of drug-likeness (QED) is 0.839. The Kier molecular flexibility index (Phi) is 3.58. The molecular weight excluding hydrogens is 238 g/mol. The Balaban J connectivity index is 1.95. The predicted octanol–water partition coefficient (Wildman–Crippen LogP) is 1.92. The third-order valence-corrected chi connectivity index (χ3v) is 2.32. The number of anilines is 1. The topological polar surface area (TPSA) is 66.5 Å². The number of hydrogen-bond acceptors (Lipinski definition) is 4. The minimum atomic E-state index is 0.311. The first kappa shape index (κ1) is 11.4. The Morgan fingerprint density at radius 1 is 1.47 bits per heavy atom. The van der Waals surface area contributed by atoms with Crippen molar-refractivity contribution >= 4 is 17.4 Å². The summed E-state index contributed by atoms with van der Waals surface area (Å²) in [4.78, 5) is 4.07. The molecule has 2 rings (SSSR count). The van der Waals surface area contributed by atoms with Crippen molar-refractivity contribution in [3.8, 4) is 6.07 Å². The summed E-state index contributed by atoms with van der Waals surface area (Å²) in [5, 5.41) is 16.3. The van der Waals surface area contributed by atoms with E-state index in [-0.39, 0.29) is 0 Å². The standard InChI is InChI=1S/C11H10ClN5/c12-10-6-9(8-13)7-11(16-10)14-3-5-17-4-1-2-15-17/h1-2,4,6-7H,3,5H2,(H,14,16). The van der Waals surface area contributed by atoms with Gasteiger partial charge in [-0.15, -0.1) is 0 Å². The highest BCUT2D eigenvalue weighted by atomic mass is 35.5. The zero-order valence-electron chi connectivity index (χ0n) is 8.97. The molecule has 0 bridgehead atoms. The number of nitrogens with zero attached hydrogens (tertiary/aromatic N) is 4.